The second kappa shape index (κ2) is 5.05. The number of carbonyl (C=O) groups is 2. The van der Waals surface area contributed by atoms with Gasteiger partial charge >= 0.3 is 11.9 Å². The Morgan fingerprint density at radius 2 is 1.29 bits per heavy atom. The number of carbonyl (C=O) groups excluding carboxylic acids is 2. The lowest BCUT2D eigenvalue weighted by molar-refractivity contribution is -0.132. The van der Waals surface area contributed by atoms with Crippen LogP contribution in [0.25, 0.3) is 0 Å². The number of rotatable bonds is 4. The minimum Gasteiger partial charge on any atom is -0.332 e. The molecule has 0 N–H and O–H groups in total. The summed E-state index contributed by atoms with van der Waals surface area (Å²) in [5.41, 5.74) is 0.494. The molecular formula is C12H14O4S. The molecule has 0 amide bonds. The van der Waals surface area contributed by atoms with E-state index in [1.54, 1.807) is 23.0 Å². The molecule has 0 bridgehead atoms. The van der Waals surface area contributed by atoms with E-state index in [-0.39, 0.29) is 11.1 Å². The lowest BCUT2D eigenvalue weighted by atomic mass is 10.4. The van der Waals surface area contributed by atoms with Crippen LogP contribution in [0.2, 0.25) is 0 Å². The van der Waals surface area contributed by atoms with Crippen LogP contribution >= 0.6 is 10.6 Å². The van der Waals surface area contributed by atoms with E-state index in [0.717, 1.165) is 0 Å². The first-order valence-electron chi connectivity index (χ1n) is 4.83. The van der Waals surface area contributed by atoms with Gasteiger partial charge in [0, 0.05) is 22.0 Å². The maximum atomic E-state index is 11.5. The third-order valence-electron chi connectivity index (χ3n) is 1.76. The van der Waals surface area contributed by atoms with Gasteiger partial charge in [0.1, 0.15) is 0 Å². The van der Waals surface area contributed by atoms with Crippen molar-refractivity contribution in [3.05, 3.63) is 47.3 Å². The van der Waals surface area contributed by atoms with Crippen molar-refractivity contribution in [2.24, 2.45) is 0 Å². The smallest absolute Gasteiger partial charge is 0.332 e. The van der Waals surface area contributed by atoms with Crippen molar-refractivity contribution in [2.75, 3.05) is 0 Å². The van der Waals surface area contributed by atoms with Crippen molar-refractivity contribution in [3.8, 4) is 0 Å². The van der Waals surface area contributed by atoms with E-state index in [2.05, 4.69) is 13.2 Å². The molecular weight excluding hydrogens is 240 g/mol. The second-order valence-electron chi connectivity index (χ2n) is 3.55. The standard InChI is InChI=1S/C12H14O4S/c1-9(2)11(13)15-17(7-5-6-8-17)16-12(14)10(3)4/h5-8H,1,3H2,2,4H3. The molecule has 0 spiro atoms. The summed E-state index contributed by atoms with van der Waals surface area (Å²) >= 11 is 0. The van der Waals surface area contributed by atoms with E-state index in [1.807, 2.05) is 0 Å². The first kappa shape index (κ1) is 13.3. The number of hydrogen-bond acceptors (Lipinski definition) is 4. The van der Waals surface area contributed by atoms with E-state index >= 15 is 0 Å². The summed E-state index contributed by atoms with van der Waals surface area (Å²) in [6, 6.07) is 0. The van der Waals surface area contributed by atoms with Crippen molar-refractivity contribution in [1.29, 1.82) is 0 Å². The van der Waals surface area contributed by atoms with Gasteiger partial charge in [0.25, 0.3) is 0 Å². The van der Waals surface area contributed by atoms with Gasteiger partial charge in [-0.15, -0.1) is 0 Å². The Balaban J connectivity index is 2.85. The highest BCUT2D eigenvalue weighted by Gasteiger charge is 2.26. The highest BCUT2D eigenvalue weighted by atomic mass is 32.3. The fraction of sp³-hybridized carbons (Fsp3) is 0.167. The Morgan fingerprint density at radius 1 is 0.941 bits per heavy atom. The SMILES string of the molecule is C=C(C)C(=O)OS1(OC(=O)C(=C)C)C=CC=C1. The first-order chi connectivity index (χ1) is 7.86. The molecule has 0 aromatic heterocycles. The zero-order valence-corrected chi connectivity index (χ0v) is 10.6. The van der Waals surface area contributed by atoms with Crippen LogP contribution in [0.4, 0.5) is 0 Å². The number of hydrogen-bond donors (Lipinski definition) is 0. The molecule has 0 unspecified atom stereocenters. The minimum absolute atomic E-state index is 0.247. The largest absolute Gasteiger partial charge is 0.356 e. The molecule has 0 aromatic carbocycles. The molecule has 0 atom stereocenters. The third kappa shape index (κ3) is 3.35. The molecule has 0 saturated heterocycles. The van der Waals surface area contributed by atoms with Crippen LogP contribution in [0.15, 0.2) is 47.3 Å². The Kier molecular flexibility index (Phi) is 3.96. The van der Waals surface area contributed by atoms with Gasteiger partial charge in [0.05, 0.1) is 0 Å². The summed E-state index contributed by atoms with van der Waals surface area (Å²) in [4.78, 5) is 22.9. The summed E-state index contributed by atoms with van der Waals surface area (Å²) in [6.45, 7) is 10.0. The highest BCUT2D eigenvalue weighted by molar-refractivity contribution is 8.31. The summed E-state index contributed by atoms with van der Waals surface area (Å²) in [5, 5.41) is 3.10. The predicted molar refractivity (Wildman–Crippen MR) is 67.7 cm³/mol. The van der Waals surface area contributed by atoms with Crippen molar-refractivity contribution in [2.45, 2.75) is 13.8 Å². The Morgan fingerprint density at radius 3 is 1.59 bits per heavy atom. The zero-order chi connectivity index (χ0) is 13.1. The van der Waals surface area contributed by atoms with Gasteiger partial charge in [-0.2, -0.15) is 0 Å². The predicted octanol–water partition coefficient (Wildman–Crippen LogP) is 2.90. The maximum absolute atomic E-state index is 11.5. The zero-order valence-electron chi connectivity index (χ0n) is 9.76. The molecule has 0 radical (unpaired) electrons. The molecule has 0 fully saturated rings. The van der Waals surface area contributed by atoms with Gasteiger partial charge in [-0.3, -0.25) is 0 Å². The third-order valence-corrected chi connectivity index (χ3v) is 3.65. The molecule has 17 heavy (non-hydrogen) atoms. The van der Waals surface area contributed by atoms with Gasteiger partial charge in [0.2, 0.25) is 0 Å². The monoisotopic (exact) mass is 254 g/mol. The Labute approximate surface area is 102 Å². The van der Waals surface area contributed by atoms with E-state index in [0.29, 0.717) is 0 Å². The lowest BCUT2D eigenvalue weighted by Gasteiger charge is -2.33. The average Bonchev–Trinajstić information content (AvgIpc) is 2.66. The maximum Gasteiger partial charge on any atom is 0.356 e. The van der Waals surface area contributed by atoms with Crippen LogP contribution < -0.4 is 0 Å². The van der Waals surface area contributed by atoms with E-state index in [4.69, 9.17) is 8.37 Å². The molecule has 1 rings (SSSR count). The summed E-state index contributed by atoms with van der Waals surface area (Å²) < 4.78 is 10.3. The molecule has 1 aliphatic rings. The highest BCUT2D eigenvalue weighted by Crippen LogP contribution is 2.56. The molecule has 92 valence electrons. The molecule has 0 aliphatic carbocycles. The summed E-state index contributed by atoms with van der Waals surface area (Å²) in [7, 11) is -2.43. The normalized spacial score (nSPS) is 17.3. The quantitative estimate of drug-likeness (QED) is 0.724. The van der Waals surface area contributed by atoms with Gasteiger partial charge in [0.15, 0.2) is 0 Å². The average molecular weight is 254 g/mol. The molecule has 1 heterocycles. The second-order valence-corrected chi connectivity index (χ2v) is 5.60. The van der Waals surface area contributed by atoms with Crippen LogP contribution in [0.1, 0.15) is 13.8 Å². The lowest BCUT2D eigenvalue weighted by Crippen LogP contribution is -2.14. The molecule has 0 aromatic rings. The van der Waals surface area contributed by atoms with Crippen molar-refractivity contribution in [1.82, 2.24) is 0 Å². The van der Waals surface area contributed by atoms with Crippen molar-refractivity contribution < 1.29 is 18.0 Å². The summed E-state index contributed by atoms with van der Waals surface area (Å²) in [5.74, 6) is -1.18. The van der Waals surface area contributed by atoms with Gasteiger partial charge in [-0.25, -0.2) is 9.59 Å². The Hall–Kier alpha value is -1.75. The van der Waals surface area contributed by atoms with E-state index in [9.17, 15) is 9.59 Å². The van der Waals surface area contributed by atoms with Crippen LogP contribution in [0, 0.1) is 0 Å². The van der Waals surface area contributed by atoms with Crippen molar-refractivity contribution in [3.63, 3.8) is 0 Å². The van der Waals surface area contributed by atoms with Crippen LogP contribution in [0.5, 0.6) is 0 Å². The fourth-order valence-corrected chi connectivity index (χ4v) is 2.59. The van der Waals surface area contributed by atoms with Crippen LogP contribution in [-0.4, -0.2) is 11.9 Å². The van der Waals surface area contributed by atoms with Crippen molar-refractivity contribution >= 4 is 22.5 Å². The van der Waals surface area contributed by atoms with Crippen LogP contribution in [-0.2, 0) is 18.0 Å². The molecule has 4 nitrogen and oxygen atoms in total. The van der Waals surface area contributed by atoms with Crippen LogP contribution in [0.3, 0.4) is 0 Å². The van der Waals surface area contributed by atoms with Gasteiger partial charge in [-0.1, -0.05) is 23.7 Å². The molecule has 0 saturated carbocycles. The fourth-order valence-electron chi connectivity index (χ4n) is 0.862. The number of allylic oxidation sites excluding steroid dienone is 2. The van der Waals surface area contributed by atoms with E-state index in [1.165, 1.54) is 13.8 Å². The summed E-state index contributed by atoms with van der Waals surface area (Å²) in [6.07, 6.45) is 3.32. The Bertz CT molecular complexity index is 403. The minimum atomic E-state index is -2.43. The molecule has 1 aliphatic heterocycles. The topological polar surface area (TPSA) is 52.6 Å². The molecule has 5 heteroatoms. The first-order valence-corrected chi connectivity index (χ1v) is 6.44. The van der Waals surface area contributed by atoms with Gasteiger partial charge < -0.3 is 8.37 Å². The van der Waals surface area contributed by atoms with E-state index < -0.39 is 22.5 Å². The van der Waals surface area contributed by atoms with Gasteiger partial charge in [-0.05, 0) is 26.0 Å².